The molecule has 0 unspecified atom stereocenters. The van der Waals surface area contributed by atoms with E-state index in [1.807, 2.05) is 0 Å². The van der Waals surface area contributed by atoms with Crippen LogP contribution in [0.3, 0.4) is 0 Å². The number of pyridine rings is 1. The van der Waals surface area contributed by atoms with Crippen molar-refractivity contribution < 1.29 is 4.39 Å². The van der Waals surface area contributed by atoms with Crippen LogP contribution in [-0.4, -0.2) is 17.6 Å². The summed E-state index contributed by atoms with van der Waals surface area (Å²) in [5.41, 5.74) is 0.539. The first kappa shape index (κ1) is 13.6. The molecule has 0 aromatic carbocycles. The lowest BCUT2D eigenvalue weighted by Gasteiger charge is -2.25. The Kier molecular flexibility index (Phi) is 4.44. The monoisotopic (exact) mass is 270 g/mol. The van der Waals surface area contributed by atoms with Gasteiger partial charge in [0, 0.05) is 24.3 Å². The highest BCUT2D eigenvalue weighted by Gasteiger charge is 2.31. The molecule has 1 fully saturated rings. The summed E-state index contributed by atoms with van der Waals surface area (Å²) in [4.78, 5) is 6.34. The van der Waals surface area contributed by atoms with Crippen molar-refractivity contribution in [2.75, 3.05) is 11.4 Å². The van der Waals surface area contributed by atoms with Crippen molar-refractivity contribution in [3.8, 4) is 0 Å². The molecule has 4 heteroatoms. The number of anilines is 1. The van der Waals surface area contributed by atoms with Gasteiger partial charge in [0.2, 0.25) is 0 Å². The van der Waals surface area contributed by atoms with E-state index in [1.165, 1.54) is 0 Å². The standard InChI is InChI=1S/C14H20ClFN2/c1-10(2)6-8-18(12-3-4-12)14-13(16)11(9-15)5-7-17-14/h5,7,10,12H,3-4,6,8-9H2,1-2H3. The van der Waals surface area contributed by atoms with Gasteiger partial charge in [0.05, 0.1) is 5.88 Å². The number of aromatic nitrogens is 1. The second kappa shape index (κ2) is 5.87. The van der Waals surface area contributed by atoms with Crippen LogP contribution in [0, 0.1) is 11.7 Å². The van der Waals surface area contributed by atoms with Crippen LogP contribution in [0.25, 0.3) is 0 Å². The third-order valence-electron chi connectivity index (χ3n) is 3.30. The summed E-state index contributed by atoms with van der Waals surface area (Å²) in [5.74, 6) is 1.05. The second-order valence-corrected chi connectivity index (χ2v) is 5.62. The zero-order chi connectivity index (χ0) is 13.1. The molecule has 2 rings (SSSR count). The fourth-order valence-electron chi connectivity index (χ4n) is 2.02. The van der Waals surface area contributed by atoms with E-state index < -0.39 is 0 Å². The largest absolute Gasteiger partial charge is 0.351 e. The molecule has 1 saturated carbocycles. The summed E-state index contributed by atoms with van der Waals surface area (Å²) in [6.07, 6.45) is 5.00. The Labute approximate surface area is 113 Å². The Morgan fingerprint density at radius 1 is 1.50 bits per heavy atom. The first-order valence-corrected chi connectivity index (χ1v) is 7.13. The number of rotatable bonds is 6. The Morgan fingerprint density at radius 3 is 2.78 bits per heavy atom. The number of halogens is 2. The molecular weight excluding hydrogens is 251 g/mol. The average molecular weight is 271 g/mol. The van der Waals surface area contributed by atoms with E-state index in [9.17, 15) is 4.39 Å². The summed E-state index contributed by atoms with van der Waals surface area (Å²) in [6, 6.07) is 2.12. The molecule has 100 valence electrons. The van der Waals surface area contributed by atoms with Crippen LogP contribution >= 0.6 is 11.6 Å². The van der Waals surface area contributed by atoms with Crippen molar-refractivity contribution in [2.45, 2.75) is 45.0 Å². The van der Waals surface area contributed by atoms with E-state index in [1.54, 1.807) is 12.3 Å². The maximum atomic E-state index is 14.2. The maximum Gasteiger partial charge on any atom is 0.170 e. The van der Waals surface area contributed by atoms with Crippen LogP contribution in [0.2, 0.25) is 0 Å². The van der Waals surface area contributed by atoms with Gasteiger partial charge < -0.3 is 4.90 Å². The quantitative estimate of drug-likeness (QED) is 0.727. The Hall–Kier alpha value is -0.830. The van der Waals surface area contributed by atoms with Crippen LogP contribution < -0.4 is 4.90 Å². The van der Waals surface area contributed by atoms with Gasteiger partial charge in [-0.2, -0.15) is 0 Å². The molecule has 0 bridgehead atoms. The summed E-state index contributed by atoms with van der Waals surface area (Å²) < 4.78 is 14.2. The summed E-state index contributed by atoms with van der Waals surface area (Å²) >= 11 is 5.75. The second-order valence-electron chi connectivity index (χ2n) is 5.35. The zero-order valence-corrected chi connectivity index (χ0v) is 11.8. The predicted molar refractivity (Wildman–Crippen MR) is 73.6 cm³/mol. The van der Waals surface area contributed by atoms with Crippen molar-refractivity contribution in [2.24, 2.45) is 5.92 Å². The lowest BCUT2D eigenvalue weighted by atomic mass is 10.1. The first-order valence-electron chi connectivity index (χ1n) is 6.59. The predicted octanol–water partition coefficient (Wildman–Crippen LogP) is 3.97. The van der Waals surface area contributed by atoms with Crippen molar-refractivity contribution in [3.63, 3.8) is 0 Å². The maximum absolute atomic E-state index is 14.2. The minimum Gasteiger partial charge on any atom is -0.351 e. The van der Waals surface area contributed by atoms with Gasteiger partial charge in [0.15, 0.2) is 11.6 Å². The van der Waals surface area contributed by atoms with E-state index >= 15 is 0 Å². The molecule has 0 N–H and O–H groups in total. The van der Waals surface area contributed by atoms with E-state index in [-0.39, 0.29) is 11.7 Å². The van der Waals surface area contributed by atoms with E-state index in [2.05, 4.69) is 23.7 Å². The summed E-state index contributed by atoms with van der Waals surface area (Å²) in [5, 5.41) is 0. The highest BCUT2D eigenvalue weighted by atomic mass is 35.5. The molecule has 1 heterocycles. The summed E-state index contributed by atoms with van der Waals surface area (Å²) in [7, 11) is 0. The van der Waals surface area contributed by atoms with Gasteiger partial charge in [0.1, 0.15) is 0 Å². The van der Waals surface area contributed by atoms with Crippen molar-refractivity contribution in [3.05, 3.63) is 23.6 Å². The number of hydrogen-bond donors (Lipinski definition) is 0. The molecule has 0 saturated heterocycles. The molecule has 0 radical (unpaired) electrons. The smallest absolute Gasteiger partial charge is 0.170 e. The fraction of sp³-hybridized carbons (Fsp3) is 0.643. The van der Waals surface area contributed by atoms with Crippen LogP contribution in [0.1, 0.15) is 38.7 Å². The zero-order valence-electron chi connectivity index (χ0n) is 11.0. The Bertz CT molecular complexity index is 405. The van der Waals surface area contributed by atoms with Gasteiger partial charge >= 0.3 is 0 Å². The highest BCUT2D eigenvalue weighted by molar-refractivity contribution is 6.17. The Balaban J connectivity index is 2.19. The summed E-state index contributed by atoms with van der Waals surface area (Å²) in [6.45, 7) is 5.24. The van der Waals surface area contributed by atoms with Crippen LogP contribution in [0.5, 0.6) is 0 Å². The minimum atomic E-state index is -0.247. The van der Waals surface area contributed by atoms with E-state index in [0.717, 1.165) is 25.8 Å². The molecule has 1 aliphatic rings. The minimum absolute atomic E-state index is 0.198. The van der Waals surface area contributed by atoms with Gasteiger partial charge in [0.25, 0.3) is 0 Å². The average Bonchev–Trinajstić information content (AvgIpc) is 3.15. The van der Waals surface area contributed by atoms with Crippen LogP contribution in [0.15, 0.2) is 12.3 Å². The van der Waals surface area contributed by atoms with Gasteiger partial charge in [-0.25, -0.2) is 9.37 Å². The molecule has 0 amide bonds. The third-order valence-corrected chi connectivity index (χ3v) is 3.59. The molecule has 0 spiro atoms. The van der Waals surface area contributed by atoms with Crippen molar-refractivity contribution >= 4 is 17.4 Å². The molecule has 0 aliphatic heterocycles. The van der Waals surface area contributed by atoms with Gasteiger partial charge in [-0.15, -0.1) is 11.6 Å². The normalized spacial score (nSPS) is 15.2. The molecule has 1 aromatic rings. The Morgan fingerprint density at radius 2 is 2.22 bits per heavy atom. The SMILES string of the molecule is CC(C)CCN(c1nccc(CCl)c1F)C1CC1. The topological polar surface area (TPSA) is 16.1 Å². The van der Waals surface area contributed by atoms with Gasteiger partial charge in [-0.05, 0) is 31.2 Å². The first-order chi connectivity index (χ1) is 8.63. The van der Waals surface area contributed by atoms with Crippen molar-refractivity contribution in [1.29, 1.82) is 0 Å². The lowest BCUT2D eigenvalue weighted by molar-refractivity contribution is 0.551. The molecule has 0 atom stereocenters. The third kappa shape index (κ3) is 3.14. The lowest BCUT2D eigenvalue weighted by Crippen LogP contribution is -2.29. The van der Waals surface area contributed by atoms with Crippen LogP contribution in [-0.2, 0) is 5.88 Å². The molecule has 2 nitrogen and oxygen atoms in total. The van der Waals surface area contributed by atoms with Crippen LogP contribution in [0.4, 0.5) is 10.2 Å². The van der Waals surface area contributed by atoms with E-state index in [0.29, 0.717) is 23.3 Å². The van der Waals surface area contributed by atoms with E-state index in [4.69, 9.17) is 11.6 Å². The van der Waals surface area contributed by atoms with Crippen molar-refractivity contribution in [1.82, 2.24) is 4.98 Å². The molecule has 18 heavy (non-hydrogen) atoms. The van der Waals surface area contributed by atoms with Gasteiger partial charge in [-0.3, -0.25) is 0 Å². The van der Waals surface area contributed by atoms with Gasteiger partial charge in [-0.1, -0.05) is 13.8 Å². The molecule has 1 aliphatic carbocycles. The number of alkyl halides is 1. The molecule has 1 aromatic heterocycles. The highest BCUT2D eigenvalue weighted by Crippen LogP contribution is 2.33. The molecular formula is C14H20ClFN2. The number of nitrogens with zero attached hydrogens (tertiary/aromatic N) is 2. The fourth-order valence-corrected chi connectivity index (χ4v) is 2.23. The number of hydrogen-bond acceptors (Lipinski definition) is 2.